The van der Waals surface area contributed by atoms with Crippen molar-refractivity contribution in [1.29, 1.82) is 0 Å². The molecular weight excluding hydrogens is 331 g/mol. The van der Waals surface area contributed by atoms with Gasteiger partial charge in [0.25, 0.3) is 0 Å². The Hall–Kier alpha value is -2.38. The van der Waals surface area contributed by atoms with Crippen molar-refractivity contribution in [2.24, 2.45) is 0 Å². The van der Waals surface area contributed by atoms with Gasteiger partial charge in [-0.2, -0.15) is 13.2 Å². The zero-order valence-electron chi connectivity index (χ0n) is 13.6. The quantitative estimate of drug-likeness (QED) is 0.741. The molecule has 0 aliphatic carbocycles. The van der Waals surface area contributed by atoms with Gasteiger partial charge in [-0.25, -0.2) is 4.98 Å². The lowest BCUT2D eigenvalue weighted by Gasteiger charge is -2.14. The summed E-state index contributed by atoms with van der Waals surface area (Å²) in [4.78, 5) is 4.35. The number of hydrogen-bond acceptors (Lipinski definition) is 3. The number of pyridine rings is 1. The number of aliphatic hydroxyl groups is 1. The van der Waals surface area contributed by atoms with Crippen LogP contribution in [0.5, 0.6) is 0 Å². The maximum absolute atomic E-state index is 12.7. The average molecular weight is 349 g/mol. The number of alkyl halides is 3. The zero-order valence-corrected chi connectivity index (χ0v) is 13.6. The zero-order chi connectivity index (χ0) is 18.0. The van der Waals surface area contributed by atoms with Crippen LogP contribution in [0.25, 0.3) is 5.65 Å². The van der Waals surface area contributed by atoms with E-state index in [1.165, 1.54) is 12.1 Å². The predicted octanol–water partition coefficient (Wildman–Crippen LogP) is 3.48. The van der Waals surface area contributed by atoms with E-state index in [1.54, 1.807) is 6.20 Å². The molecule has 132 valence electrons. The van der Waals surface area contributed by atoms with Crippen LogP contribution in [-0.2, 0) is 12.7 Å². The Balaban J connectivity index is 1.64. The number of imidazole rings is 1. The van der Waals surface area contributed by atoms with Crippen molar-refractivity contribution in [2.75, 3.05) is 6.54 Å². The molecule has 0 aliphatic heterocycles. The van der Waals surface area contributed by atoms with Crippen molar-refractivity contribution in [2.45, 2.75) is 25.7 Å². The molecule has 0 bridgehead atoms. The van der Waals surface area contributed by atoms with Gasteiger partial charge in [-0.15, -0.1) is 0 Å². The first kappa shape index (κ1) is 17.4. The number of aromatic nitrogens is 2. The highest BCUT2D eigenvalue weighted by Gasteiger charge is 2.30. The van der Waals surface area contributed by atoms with Gasteiger partial charge < -0.3 is 14.8 Å². The molecule has 2 N–H and O–H groups in total. The topological polar surface area (TPSA) is 49.6 Å². The van der Waals surface area contributed by atoms with E-state index in [-0.39, 0.29) is 12.1 Å². The van der Waals surface area contributed by atoms with Crippen molar-refractivity contribution >= 4 is 5.65 Å². The normalized spacial score (nSPS) is 13.3. The van der Waals surface area contributed by atoms with Gasteiger partial charge >= 0.3 is 6.18 Å². The Morgan fingerprint density at radius 3 is 2.80 bits per heavy atom. The van der Waals surface area contributed by atoms with Crippen molar-refractivity contribution < 1.29 is 18.3 Å². The van der Waals surface area contributed by atoms with E-state index in [2.05, 4.69) is 10.3 Å². The second-order valence-corrected chi connectivity index (χ2v) is 5.90. The predicted molar refractivity (Wildman–Crippen MR) is 88.0 cm³/mol. The molecule has 0 saturated carbocycles. The molecule has 4 nitrogen and oxygen atoms in total. The van der Waals surface area contributed by atoms with Crippen LogP contribution in [0.15, 0.2) is 48.8 Å². The molecule has 2 aromatic heterocycles. The van der Waals surface area contributed by atoms with Crippen LogP contribution in [0.4, 0.5) is 13.2 Å². The number of rotatable bonds is 5. The van der Waals surface area contributed by atoms with Crippen molar-refractivity contribution in [3.8, 4) is 0 Å². The summed E-state index contributed by atoms with van der Waals surface area (Å²) in [5, 5.41) is 13.2. The Bertz CT molecular complexity index is 873. The van der Waals surface area contributed by atoms with Crippen molar-refractivity contribution in [1.82, 2.24) is 14.7 Å². The summed E-state index contributed by atoms with van der Waals surface area (Å²) < 4.78 is 40.2. The standard InChI is InChI=1S/C18H18F3N3O/c1-12-4-3-7-24-15(10-23-17(12)24)9-22-11-16(25)13-5-2-6-14(8-13)18(19,20)21/h2-8,10,16,22,25H,9,11H2,1H3. The van der Waals surface area contributed by atoms with Gasteiger partial charge in [-0.05, 0) is 36.2 Å². The lowest BCUT2D eigenvalue weighted by molar-refractivity contribution is -0.137. The largest absolute Gasteiger partial charge is 0.416 e. The summed E-state index contributed by atoms with van der Waals surface area (Å²) >= 11 is 0. The Kier molecular flexibility index (Phi) is 4.78. The highest BCUT2D eigenvalue weighted by molar-refractivity contribution is 5.48. The highest BCUT2D eigenvalue weighted by atomic mass is 19.4. The number of benzene rings is 1. The monoisotopic (exact) mass is 349 g/mol. The third-order valence-electron chi connectivity index (χ3n) is 4.05. The van der Waals surface area contributed by atoms with Gasteiger partial charge in [0.05, 0.1) is 23.6 Å². The average Bonchev–Trinajstić information content (AvgIpc) is 2.99. The molecule has 3 rings (SSSR count). The van der Waals surface area contributed by atoms with E-state index in [1.807, 2.05) is 29.7 Å². The first-order valence-corrected chi connectivity index (χ1v) is 7.84. The summed E-state index contributed by atoms with van der Waals surface area (Å²) in [7, 11) is 0. The molecule has 0 spiro atoms. The fourth-order valence-corrected chi connectivity index (χ4v) is 2.71. The number of fused-ring (bicyclic) bond motifs is 1. The van der Waals surface area contributed by atoms with Gasteiger partial charge in [0.1, 0.15) is 5.65 Å². The maximum Gasteiger partial charge on any atom is 0.416 e. The molecule has 0 radical (unpaired) electrons. The van der Waals surface area contributed by atoms with Gasteiger partial charge in [-0.3, -0.25) is 0 Å². The van der Waals surface area contributed by atoms with E-state index >= 15 is 0 Å². The van der Waals surface area contributed by atoms with E-state index in [0.717, 1.165) is 29.0 Å². The number of nitrogens with one attached hydrogen (secondary N) is 1. The molecule has 25 heavy (non-hydrogen) atoms. The molecular formula is C18H18F3N3O. The number of aliphatic hydroxyl groups excluding tert-OH is 1. The number of aryl methyl sites for hydroxylation is 1. The van der Waals surface area contributed by atoms with Crippen molar-refractivity contribution in [3.05, 3.63) is 71.2 Å². The minimum atomic E-state index is -4.42. The first-order valence-electron chi connectivity index (χ1n) is 7.84. The van der Waals surface area contributed by atoms with Crippen LogP contribution in [0.3, 0.4) is 0 Å². The van der Waals surface area contributed by atoms with Crippen molar-refractivity contribution in [3.63, 3.8) is 0 Å². The van der Waals surface area contributed by atoms with Gasteiger partial charge in [0.2, 0.25) is 0 Å². The highest BCUT2D eigenvalue weighted by Crippen LogP contribution is 2.30. The van der Waals surface area contributed by atoms with Gasteiger partial charge in [0.15, 0.2) is 0 Å². The Morgan fingerprint density at radius 2 is 2.04 bits per heavy atom. The summed E-state index contributed by atoms with van der Waals surface area (Å²) in [6, 6.07) is 8.64. The van der Waals surface area contributed by atoms with Crippen LogP contribution in [0, 0.1) is 6.92 Å². The minimum Gasteiger partial charge on any atom is -0.387 e. The third kappa shape index (κ3) is 3.83. The van der Waals surface area contributed by atoms with Crippen LogP contribution in [-0.4, -0.2) is 21.0 Å². The molecule has 7 heteroatoms. The smallest absolute Gasteiger partial charge is 0.387 e. The fourth-order valence-electron chi connectivity index (χ4n) is 2.71. The summed E-state index contributed by atoms with van der Waals surface area (Å²) in [6.45, 7) is 2.55. The second-order valence-electron chi connectivity index (χ2n) is 5.90. The lowest BCUT2D eigenvalue weighted by Crippen LogP contribution is -2.22. The maximum atomic E-state index is 12.7. The third-order valence-corrected chi connectivity index (χ3v) is 4.05. The Labute approximate surface area is 142 Å². The molecule has 1 unspecified atom stereocenters. The van der Waals surface area contributed by atoms with Crippen LogP contribution in [0.2, 0.25) is 0 Å². The van der Waals surface area contributed by atoms with E-state index in [4.69, 9.17) is 0 Å². The number of nitrogens with zero attached hydrogens (tertiary/aromatic N) is 2. The molecule has 0 amide bonds. The molecule has 1 atom stereocenters. The lowest BCUT2D eigenvalue weighted by atomic mass is 10.1. The molecule has 2 heterocycles. The van der Waals surface area contributed by atoms with Gasteiger partial charge in [-0.1, -0.05) is 18.2 Å². The fraction of sp³-hybridized carbons (Fsp3) is 0.278. The van der Waals surface area contributed by atoms with E-state index in [9.17, 15) is 18.3 Å². The molecule has 3 aromatic rings. The molecule has 0 aliphatic rings. The number of hydrogen-bond donors (Lipinski definition) is 2. The first-order chi connectivity index (χ1) is 11.9. The van der Waals surface area contributed by atoms with E-state index < -0.39 is 17.8 Å². The number of halogens is 3. The van der Waals surface area contributed by atoms with Crippen LogP contribution < -0.4 is 5.32 Å². The summed E-state index contributed by atoms with van der Waals surface area (Å²) in [5.74, 6) is 0. The summed E-state index contributed by atoms with van der Waals surface area (Å²) in [6.07, 6.45) is -1.80. The Morgan fingerprint density at radius 1 is 1.24 bits per heavy atom. The molecule has 1 aromatic carbocycles. The molecule has 0 saturated heterocycles. The minimum absolute atomic E-state index is 0.139. The molecule has 0 fully saturated rings. The summed E-state index contributed by atoms with van der Waals surface area (Å²) in [5.41, 5.74) is 2.29. The van der Waals surface area contributed by atoms with Crippen LogP contribution >= 0.6 is 0 Å². The SMILES string of the molecule is Cc1cccn2c(CNCC(O)c3cccc(C(F)(F)F)c3)cnc12. The van der Waals surface area contributed by atoms with Crippen LogP contribution in [0.1, 0.15) is 28.5 Å². The van der Waals surface area contributed by atoms with E-state index in [0.29, 0.717) is 6.54 Å². The van der Waals surface area contributed by atoms with Gasteiger partial charge in [0, 0.05) is 19.3 Å². The second kappa shape index (κ2) is 6.85.